The van der Waals surface area contributed by atoms with E-state index in [-0.39, 0.29) is 61.9 Å². The number of ketones is 1. The van der Waals surface area contributed by atoms with Crippen LogP contribution in [0.3, 0.4) is 0 Å². The Morgan fingerprint density at radius 3 is 1.81 bits per heavy atom. The molecule has 1 rings (SSSR count). The Labute approximate surface area is 251 Å². The van der Waals surface area contributed by atoms with Gasteiger partial charge in [0, 0.05) is 70.8 Å². The second-order valence-electron chi connectivity index (χ2n) is 5.35. The number of carbonyl (C=O) groups is 5. The van der Waals surface area contributed by atoms with E-state index in [2.05, 4.69) is 52.7 Å². The van der Waals surface area contributed by atoms with Gasteiger partial charge in [0.2, 0.25) is 13.2 Å². The summed E-state index contributed by atoms with van der Waals surface area (Å²) in [4.78, 5) is 64.9. The van der Waals surface area contributed by atoms with Crippen LogP contribution in [0.15, 0.2) is 0 Å². The largest absolute Gasteiger partial charge is 0.444 e. The van der Waals surface area contributed by atoms with E-state index in [1.165, 1.54) is 27.1 Å². The topological polar surface area (TPSA) is 222 Å². The van der Waals surface area contributed by atoms with Crippen LogP contribution in [0.1, 0.15) is 35.9 Å². The molecule has 1 atom stereocenters. The Morgan fingerprint density at radius 2 is 1.62 bits per heavy atom. The minimum atomic E-state index is -1.31. The molecule has 1 aromatic heterocycles. The van der Waals surface area contributed by atoms with E-state index < -0.39 is 23.8 Å². The zero-order valence-corrected chi connectivity index (χ0v) is 26.2. The molecule has 0 saturated heterocycles. The molecule has 0 fully saturated rings. The van der Waals surface area contributed by atoms with Gasteiger partial charge < -0.3 is 35.4 Å². The quantitative estimate of drug-likeness (QED) is 0.0558. The maximum atomic E-state index is 11.1. The molecule has 0 aliphatic heterocycles. The van der Waals surface area contributed by atoms with Crippen LogP contribution in [-0.4, -0.2) is 78.0 Å². The second-order valence-corrected chi connectivity index (χ2v) is 5.35. The van der Waals surface area contributed by atoms with Crippen molar-refractivity contribution < 1.29 is 93.1 Å². The maximum Gasteiger partial charge on any atom is 0.307 e. The molecule has 1 radical (unpaired) electrons. The Bertz CT molecular complexity index is 930. The van der Waals surface area contributed by atoms with E-state index >= 15 is 0 Å². The number of likely N-dealkylation sites (N-methyl/N-ethyl adjacent to an activating group) is 1. The van der Waals surface area contributed by atoms with Gasteiger partial charge in [0.15, 0.2) is 11.9 Å². The first kappa shape index (κ1) is 46.8. The summed E-state index contributed by atoms with van der Waals surface area (Å²) < 4.78 is 8.14. The van der Waals surface area contributed by atoms with Gasteiger partial charge in [-0.3, -0.25) is 28.9 Å². The first-order valence-corrected chi connectivity index (χ1v) is 9.09. The fourth-order valence-corrected chi connectivity index (χ4v) is 1.60. The number of nitrogens with zero attached hydrogens (tertiary/aromatic N) is 2. The van der Waals surface area contributed by atoms with E-state index in [0.717, 1.165) is 18.4 Å². The maximum absolute atomic E-state index is 11.1. The third-order valence-corrected chi connectivity index (χ3v) is 2.75. The Kier molecular flexibility index (Phi) is 41.2. The molecule has 1 heterocycles. The third kappa shape index (κ3) is 30.5. The van der Waals surface area contributed by atoms with E-state index in [1.54, 1.807) is 13.2 Å². The average Bonchev–Trinajstić information content (AvgIpc) is 3.16. The van der Waals surface area contributed by atoms with Crippen LogP contribution < -0.4 is 10.6 Å². The number of Topliss-reactive ketones (excluding diaryl/α,β-unsaturated/α-hetero) is 1. The van der Waals surface area contributed by atoms with E-state index in [9.17, 15) is 19.2 Å². The van der Waals surface area contributed by atoms with Gasteiger partial charge in [-0.05, 0) is 20.8 Å². The number of imidazole rings is 1. The van der Waals surface area contributed by atoms with E-state index in [4.69, 9.17) is 16.6 Å². The number of aromatic amines is 1. The van der Waals surface area contributed by atoms with Crippen LogP contribution in [-0.2, 0) is 33.5 Å². The zero-order valence-electron chi connectivity index (χ0n) is 21.5. The van der Waals surface area contributed by atoms with Crippen LogP contribution in [0.5, 0.6) is 0 Å². The van der Waals surface area contributed by atoms with Crippen LogP contribution in [0.2, 0.25) is 0 Å². The van der Waals surface area contributed by atoms with Crippen molar-refractivity contribution in [3.05, 3.63) is 28.6 Å². The van der Waals surface area contributed by atoms with Crippen molar-refractivity contribution in [3.8, 4) is 25.1 Å². The summed E-state index contributed by atoms with van der Waals surface area (Å²) in [6.07, 6.45) is 10.6. The van der Waals surface area contributed by atoms with Gasteiger partial charge in [0.05, 0.1) is 0 Å². The van der Waals surface area contributed by atoms with Gasteiger partial charge in [-0.1, -0.05) is 12.8 Å². The zero-order chi connectivity index (χ0) is 28.4. The van der Waals surface area contributed by atoms with E-state index in [1.807, 2.05) is 13.8 Å². The fraction of sp³-hybridized carbons (Fsp3) is 0.381. The van der Waals surface area contributed by atoms with Gasteiger partial charge >= 0.3 is 12.4 Å². The molecule has 1 unspecified atom stereocenters. The number of aromatic nitrogens is 2. The van der Waals surface area contributed by atoms with Crippen LogP contribution >= 0.6 is 0 Å². The average molecular weight is 741 g/mol. The van der Waals surface area contributed by atoms with E-state index in [0.29, 0.717) is 5.69 Å². The Balaban J connectivity index is -0.0000000882. The molecule has 0 aromatic carbocycles. The van der Waals surface area contributed by atoms with Crippen molar-refractivity contribution in [1.29, 1.82) is 0 Å². The number of amides is 2. The summed E-state index contributed by atoms with van der Waals surface area (Å²) in [6, 6.07) is 0. The molecular weight excluding hydrogens is 709 g/mol. The monoisotopic (exact) mass is 740 g/mol. The number of carbonyl (C=O) groups excluding carboxylic acids is 5. The van der Waals surface area contributed by atoms with Crippen molar-refractivity contribution in [2.24, 2.45) is 0 Å². The number of esters is 1. The number of aryl methyl sites for hydroxylation is 2. The molecule has 0 saturated carbocycles. The molecule has 0 bridgehead atoms. The molecule has 0 aliphatic carbocycles. The van der Waals surface area contributed by atoms with Gasteiger partial charge in [-0.25, -0.2) is 11.6 Å². The number of terminal acetylenes is 2. The van der Waals surface area contributed by atoms with Crippen molar-refractivity contribution >= 4 is 30.0 Å². The number of ether oxygens (including phenoxy) is 2. The van der Waals surface area contributed by atoms with Crippen LogP contribution in [0.25, 0.3) is 4.85 Å². The van der Waals surface area contributed by atoms with Gasteiger partial charge in [-0.15, -0.1) is 0 Å². The first-order chi connectivity index (χ1) is 16.4. The van der Waals surface area contributed by atoms with Crippen LogP contribution in [0, 0.1) is 89.5 Å². The first-order valence-electron chi connectivity index (χ1n) is 9.09. The molecular formula is C21H31AcN5O10. The molecule has 15 nitrogen and oxygen atoms in total. The predicted molar refractivity (Wildman–Crippen MR) is 126 cm³/mol. The summed E-state index contributed by atoms with van der Waals surface area (Å²) in [7, 11) is 4.37. The minimum Gasteiger partial charge on any atom is -0.444 e. The van der Waals surface area contributed by atoms with Gasteiger partial charge in [0.1, 0.15) is 17.6 Å². The molecule has 203 valence electrons. The minimum absolute atomic E-state index is 0. The molecule has 2 amide bonds. The number of hydrogen-bond donors (Lipinski definition) is 4. The summed E-state index contributed by atoms with van der Waals surface area (Å²) >= 11 is 0. The standard InChI is InChI=1S/C7H11N3O.C7H11NO4.C3H2O2.C2H3N.C2H2O2.Ac.H2O/c1-4-6(7(11)8-3)10-5(2)9-4;1-4(9)6(7(11)8-3)12-5(2)10;1-2-5-3-4;1-3-2;1-2-4-3;;/h1-3H3,(H,8,11)(H,9,10);6H,1-3H3,(H,8,11);1,3H;1H3;1,3H;;1H2. The van der Waals surface area contributed by atoms with Gasteiger partial charge in [0.25, 0.3) is 11.8 Å². The van der Waals surface area contributed by atoms with Crippen molar-refractivity contribution in [1.82, 2.24) is 20.6 Å². The van der Waals surface area contributed by atoms with Crippen molar-refractivity contribution in [3.63, 3.8) is 0 Å². The molecule has 1 aromatic rings. The van der Waals surface area contributed by atoms with Gasteiger partial charge in [-0.2, -0.15) is 5.26 Å². The summed E-state index contributed by atoms with van der Waals surface area (Å²) in [5.41, 5.74) is 1.28. The normalized spacial score (nSPS) is 7.92. The number of H-pyrrole nitrogens is 1. The van der Waals surface area contributed by atoms with Crippen molar-refractivity contribution in [2.45, 2.75) is 33.8 Å². The number of hydrogen-bond acceptors (Lipinski definition) is 10. The summed E-state index contributed by atoms with van der Waals surface area (Å²) in [6.45, 7) is 12.0. The molecule has 0 aliphatic rings. The third-order valence-electron chi connectivity index (χ3n) is 2.75. The molecule has 0 spiro atoms. The summed E-state index contributed by atoms with van der Waals surface area (Å²) in [5.74, 6) is -1.14. The Hall–Kier alpha value is -3.47. The Morgan fingerprint density at radius 1 is 1.16 bits per heavy atom. The molecule has 16 heteroatoms. The van der Waals surface area contributed by atoms with Crippen LogP contribution in [0.4, 0.5) is 0 Å². The smallest absolute Gasteiger partial charge is 0.307 e. The SMILES string of the molecule is C#COC=O.C#COO.CNC(=O)C(OC(C)=O)C(C)=O.CNC(=O)c1nc(C)[nH]c1C.O.[Ac].[C-]#[N+]C. The number of nitrogens with one attached hydrogen (secondary N) is 3. The molecule has 37 heavy (non-hydrogen) atoms. The fourth-order valence-electron chi connectivity index (χ4n) is 1.60. The second kappa shape index (κ2) is 32.5. The predicted octanol–water partition coefficient (Wildman–Crippen LogP) is -0.833. The molecule has 6 N–H and O–H groups in total. The summed E-state index contributed by atoms with van der Waals surface area (Å²) in [5, 5.41) is 11.9. The van der Waals surface area contributed by atoms with Crippen molar-refractivity contribution in [2.75, 3.05) is 21.1 Å². The number of rotatable bonds is 5.